The van der Waals surface area contributed by atoms with Crippen molar-refractivity contribution < 1.29 is 51.6 Å². The first-order valence-corrected chi connectivity index (χ1v) is 28.2. The maximum Gasteiger partial charge on any atom is 0.697 e. The normalized spacial score (nSPS) is 20.6. The number of methoxy groups -OCH3 is 2. The minimum Gasteiger partial charge on any atom is -0.497 e. The van der Waals surface area contributed by atoms with Crippen molar-refractivity contribution in [1.82, 2.24) is 29.1 Å². The molecular weight excluding hydrogens is 978 g/mol. The number of H-pyrrole nitrogens is 1. The minimum atomic E-state index is -2.84. The number of ether oxygens (including phenoxy) is 6. The molecule has 3 N–H and O–H groups in total. The van der Waals surface area contributed by atoms with Crippen LogP contribution in [0.1, 0.15) is 68.3 Å². The number of fused-ring (bicyclic) bond motifs is 1. The lowest BCUT2D eigenvalue weighted by molar-refractivity contribution is -0.0912. The Morgan fingerprint density at radius 3 is 2.07 bits per heavy atom. The van der Waals surface area contributed by atoms with Gasteiger partial charge in [0.25, 0.3) is 5.56 Å². The van der Waals surface area contributed by atoms with Gasteiger partial charge >= 0.3 is 13.9 Å². The van der Waals surface area contributed by atoms with E-state index in [0.717, 1.165) is 16.7 Å². The predicted molar refractivity (Wildman–Crippen MR) is 274 cm³/mol. The highest BCUT2D eigenvalue weighted by Crippen LogP contribution is 2.46. The van der Waals surface area contributed by atoms with Gasteiger partial charge in [-0.25, -0.2) is 19.7 Å². The van der Waals surface area contributed by atoms with Gasteiger partial charge in [-0.1, -0.05) is 75.4 Å². The highest BCUT2D eigenvalue weighted by molar-refractivity contribution is 7.33. The lowest BCUT2D eigenvalue weighted by atomic mass is 9.80. The molecule has 0 amide bonds. The lowest BCUT2D eigenvalue weighted by Gasteiger charge is -2.39. The molecule has 2 saturated heterocycles. The summed E-state index contributed by atoms with van der Waals surface area (Å²) in [6, 6.07) is 25.2. The Kier molecular flexibility index (Phi) is 17.0. The molecule has 73 heavy (non-hydrogen) atoms. The van der Waals surface area contributed by atoms with Gasteiger partial charge in [-0.15, -0.1) is 9.05 Å². The molecular formula is C51H65N7O13PSi+. The molecule has 3 aromatic carbocycles. The Bertz CT molecular complexity index is 2870. The zero-order valence-corrected chi connectivity index (χ0v) is 44.3. The maximum absolute atomic E-state index is 14.3. The second-order valence-electron chi connectivity index (χ2n) is 19.4. The summed E-state index contributed by atoms with van der Waals surface area (Å²) in [4.78, 5) is 41.3. The SMILES string of the molecule is COc1ccc(C(OC[C@H]2O[C@@H](n3cnc4c(NCCOCCO)ncnc43)C[C@@H]2O[P+](=O)OC[C@H]2O[C@@H](n3cc(C)c(=O)[nH]c3=O)C[C@@H]2O[Si](C)(C)C(C)(C)C)(c2ccccc2)c2ccc(OC)cc2)cc1. The Morgan fingerprint density at radius 2 is 1.44 bits per heavy atom. The molecule has 8 rings (SSSR count). The molecule has 2 fully saturated rings. The number of aromatic amines is 1. The Morgan fingerprint density at radius 1 is 0.822 bits per heavy atom. The molecule has 0 spiro atoms. The molecule has 390 valence electrons. The Balaban J connectivity index is 1.10. The van der Waals surface area contributed by atoms with Crippen molar-refractivity contribution in [2.75, 3.05) is 59.1 Å². The van der Waals surface area contributed by atoms with Crippen molar-refractivity contribution in [3.05, 3.63) is 141 Å². The Labute approximate surface area is 425 Å². The van der Waals surface area contributed by atoms with E-state index < -0.39 is 70.3 Å². The summed E-state index contributed by atoms with van der Waals surface area (Å²) in [6.45, 7) is 12.8. The number of anilines is 1. The molecule has 0 bridgehead atoms. The maximum atomic E-state index is 14.3. The number of benzene rings is 3. The highest BCUT2D eigenvalue weighted by Gasteiger charge is 2.49. The molecule has 0 radical (unpaired) electrons. The number of nitrogens with one attached hydrogen (secondary N) is 2. The topological polar surface area (TPSA) is 231 Å². The second-order valence-corrected chi connectivity index (χ2v) is 25.1. The molecule has 20 nitrogen and oxygen atoms in total. The monoisotopic (exact) mass is 1040 g/mol. The van der Waals surface area contributed by atoms with Crippen molar-refractivity contribution in [1.29, 1.82) is 0 Å². The van der Waals surface area contributed by atoms with E-state index in [9.17, 15) is 14.2 Å². The van der Waals surface area contributed by atoms with Gasteiger partial charge in [-0.2, -0.15) is 0 Å². The molecule has 5 heterocycles. The fourth-order valence-corrected chi connectivity index (χ4v) is 10.9. The summed E-state index contributed by atoms with van der Waals surface area (Å²) >= 11 is 0. The summed E-state index contributed by atoms with van der Waals surface area (Å²) in [5.74, 6) is 1.82. The molecule has 0 aliphatic carbocycles. The van der Waals surface area contributed by atoms with Crippen LogP contribution in [0.3, 0.4) is 0 Å². The van der Waals surface area contributed by atoms with E-state index in [4.69, 9.17) is 47.0 Å². The fraction of sp³-hybridized carbons (Fsp3) is 0.471. The number of hydrogen-bond acceptors (Lipinski definition) is 17. The number of aromatic nitrogens is 6. The third kappa shape index (κ3) is 12.0. The summed E-state index contributed by atoms with van der Waals surface area (Å²) in [5, 5.41) is 12.2. The van der Waals surface area contributed by atoms with Crippen LogP contribution in [0.5, 0.6) is 11.5 Å². The fourth-order valence-electron chi connectivity index (χ4n) is 8.79. The third-order valence-electron chi connectivity index (χ3n) is 13.7. The first-order valence-electron chi connectivity index (χ1n) is 24.2. The van der Waals surface area contributed by atoms with Crippen LogP contribution in [0, 0.1) is 6.92 Å². The van der Waals surface area contributed by atoms with Gasteiger partial charge in [-0.05, 0) is 66.0 Å². The van der Waals surface area contributed by atoms with Crippen LogP contribution in [0.2, 0.25) is 18.1 Å². The summed E-state index contributed by atoms with van der Waals surface area (Å²) < 4.78 is 73.8. The van der Waals surface area contributed by atoms with Crippen LogP contribution >= 0.6 is 8.25 Å². The minimum absolute atomic E-state index is 0.0667. The van der Waals surface area contributed by atoms with E-state index in [1.165, 1.54) is 17.1 Å². The van der Waals surface area contributed by atoms with Crippen LogP contribution in [0.4, 0.5) is 5.82 Å². The summed E-state index contributed by atoms with van der Waals surface area (Å²) in [7, 11) is -2.03. The Hall–Kier alpha value is -5.71. The summed E-state index contributed by atoms with van der Waals surface area (Å²) in [5.41, 5.74) is 1.43. The van der Waals surface area contributed by atoms with Crippen LogP contribution in [0.25, 0.3) is 11.2 Å². The molecule has 6 aromatic rings. The van der Waals surface area contributed by atoms with Gasteiger partial charge in [-0.3, -0.25) is 18.9 Å². The molecule has 2 aliphatic rings. The average Bonchev–Trinajstić information content (AvgIpc) is 4.12. The van der Waals surface area contributed by atoms with Crippen LogP contribution in [-0.4, -0.2) is 121 Å². The number of nitrogens with zero attached hydrogens (tertiary/aromatic N) is 5. The van der Waals surface area contributed by atoms with E-state index in [1.807, 2.05) is 78.9 Å². The third-order valence-corrected chi connectivity index (χ3v) is 19.0. The van der Waals surface area contributed by atoms with Crippen molar-refractivity contribution in [3.8, 4) is 11.5 Å². The van der Waals surface area contributed by atoms with Gasteiger partial charge in [0.1, 0.15) is 60.8 Å². The zero-order chi connectivity index (χ0) is 51.9. The first kappa shape index (κ1) is 53.6. The average molecular weight is 1040 g/mol. The van der Waals surface area contributed by atoms with Crippen LogP contribution in [0.15, 0.2) is 107 Å². The standard InChI is InChI=1S/C51H64N7O13PSi/c1-33-28-57(49(61)56-48(33)60)43-27-40(71-73(7,8)50(2,3)4)42(69-43)30-67-72(62)70-39-26-44(58-32-55-45-46(53-31-54-47(45)58)52-22-24-65-25-23-59)68-41(39)29-66-51(34-12-10-9-11-13-34,35-14-18-37(63-5)19-15-35)36-16-20-38(64-6)21-17-36/h9-21,28,31-32,39-44,59H,22-27,29-30H2,1-8H3,(H-,52,53,54,56,60,61)/p+1/t39-,40-,41+,42+,43+,44+/m0/s1. The lowest BCUT2D eigenvalue weighted by Crippen LogP contribution is -2.46. The van der Waals surface area contributed by atoms with Crippen molar-refractivity contribution in [2.24, 2.45) is 0 Å². The molecule has 3 aromatic heterocycles. The van der Waals surface area contributed by atoms with Gasteiger partial charge in [0.05, 0.1) is 53.1 Å². The van der Waals surface area contributed by atoms with Gasteiger partial charge in [0.2, 0.25) is 0 Å². The van der Waals surface area contributed by atoms with Gasteiger partial charge < -0.3 is 43.3 Å². The van der Waals surface area contributed by atoms with Crippen molar-refractivity contribution in [2.45, 2.75) is 101 Å². The highest BCUT2D eigenvalue weighted by atomic mass is 31.1. The predicted octanol–water partition coefficient (Wildman–Crippen LogP) is 7.16. The van der Waals surface area contributed by atoms with Gasteiger partial charge in [0.15, 0.2) is 25.3 Å². The molecule has 7 atom stereocenters. The number of aryl methyl sites for hydroxylation is 1. The molecule has 22 heteroatoms. The van der Waals surface area contributed by atoms with Crippen molar-refractivity contribution >= 4 is 33.6 Å². The molecule has 0 saturated carbocycles. The molecule has 1 unspecified atom stereocenters. The number of imidazole rings is 1. The van der Waals surface area contributed by atoms with Gasteiger partial charge in [0, 0.05) is 35.7 Å². The van der Waals surface area contributed by atoms with E-state index >= 15 is 0 Å². The van der Waals surface area contributed by atoms with E-state index in [1.54, 1.807) is 32.0 Å². The smallest absolute Gasteiger partial charge is 0.497 e. The van der Waals surface area contributed by atoms with Crippen LogP contribution in [-0.2, 0) is 42.6 Å². The number of aliphatic hydroxyl groups excluding tert-OH is 1. The number of aliphatic hydroxyl groups is 1. The second kappa shape index (κ2) is 23.2. The van der Waals surface area contributed by atoms with E-state index in [-0.39, 0.29) is 44.3 Å². The van der Waals surface area contributed by atoms with Crippen LogP contribution < -0.4 is 26.0 Å². The van der Waals surface area contributed by atoms with E-state index in [2.05, 4.69) is 59.1 Å². The summed E-state index contributed by atoms with van der Waals surface area (Å²) in [6.07, 6.45) is 0.453. The van der Waals surface area contributed by atoms with Crippen molar-refractivity contribution in [3.63, 3.8) is 0 Å². The largest absolute Gasteiger partial charge is 0.697 e. The first-order chi connectivity index (χ1) is 35.0. The van der Waals surface area contributed by atoms with E-state index in [0.29, 0.717) is 47.2 Å². The number of rotatable bonds is 23. The zero-order valence-electron chi connectivity index (χ0n) is 42.4. The molecule has 2 aliphatic heterocycles. The number of hydrogen-bond donors (Lipinski definition) is 3. The quantitative estimate of drug-likeness (QED) is 0.0250.